The van der Waals surface area contributed by atoms with E-state index in [1.807, 2.05) is 6.92 Å². The molecular formula is C19H14N4O4. The van der Waals surface area contributed by atoms with Crippen LogP contribution in [0.1, 0.15) is 33.3 Å². The predicted octanol–water partition coefficient (Wildman–Crippen LogP) is 2.89. The van der Waals surface area contributed by atoms with E-state index in [-0.39, 0.29) is 17.0 Å². The van der Waals surface area contributed by atoms with Crippen LogP contribution in [-0.2, 0) is 0 Å². The number of fused-ring (bicyclic) bond motifs is 1. The van der Waals surface area contributed by atoms with Gasteiger partial charge in [-0.3, -0.25) is 5.10 Å². The monoisotopic (exact) mass is 362 g/mol. The van der Waals surface area contributed by atoms with Crippen molar-refractivity contribution in [3.63, 3.8) is 0 Å². The second kappa shape index (κ2) is 6.07. The number of carbonyl (C=O) groups is 1. The molecule has 2 aromatic heterocycles. The quantitative estimate of drug-likeness (QED) is 0.651. The lowest BCUT2D eigenvalue weighted by Crippen LogP contribution is -2.20. The summed E-state index contributed by atoms with van der Waals surface area (Å²) in [5.41, 5.74) is 8.31. The fraction of sp³-hybridized carbons (Fsp3) is 0.105. The van der Waals surface area contributed by atoms with Gasteiger partial charge in [0.05, 0.1) is 17.0 Å². The van der Waals surface area contributed by atoms with Crippen molar-refractivity contribution in [3.05, 3.63) is 70.4 Å². The van der Waals surface area contributed by atoms with Crippen LogP contribution in [0.15, 0.2) is 52.3 Å². The molecule has 134 valence electrons. The molecule has 1 unspecified atom stereocenters. The number of aromatic nitrogens is 2. The van der Waals surface area contributed by atoms with Crippen LogP contribution in [-0.4, -0.2) is 21.3 Å². The second-order valence-electron chi connectivity index (χ2n) is 6.08. The van der Waals surface area contributed by atoms with E-state index < -0.39 is 11.9 Å². The maximum atomic E-state index is 11.2. The molecule has 4 rings (SSSR count). The molecule has 0 radical (unpaired) electrons. The number of nitrogens with two attached hydrogens (primary N) is 1. The zero-order valence-corrected chi connectivity index (χ0v) is 14.2. The number of aryl methyl sites for hydroxylation is 1. The summed E-state index contributed by atoms with van der Waals surface area (Å²) < 4.78 is 11.4. The Balaban J connectivity index is 1.81. The normalized spacial score (nSPS) is 15.8. The van der Waals surface area contributed by atoms with Gasteiger partial charge in [0.1, 0.15) is 23.2 Å². The van der Waals surface area contributed by atoms with Gasteiger partial charge in [0.15, 0.2) is 0 Å². The van der Waals surface area contributed by atoms with E-state index in [2.05, 4.69) is 16.3 Å². The molecule has 0 aliphatic carbocycles. The van der Waals surface area contributed by atoms with Gasteiger partial charge in [0.2, 0.25) is 11.8 Å². The number of allylic oxidation sites excluding steroid dienone is 1. The maximum Gasteiger partial charge on any atom is 0.335 e. The number of hydrogen-bond acceptors (Lipinski definition) is 6. The topological polar surface area (TPSA) is 138 Å². The van der Waals surface area contributed by atoms with Crippen molar-refractivity contribution in [3.8, 4) is 23.3 Å². The highest BCUT2D eigenvalue weighted by molar-refractivity contribution is 5.89. The number of carboxylic acids is 1. The van der Waals surface area contributed by atoms with Crippen LogP contribution in [0.2, 0.25) is 0 Å². The number of hydrogen-bond donors (Lipinski definition) is 3. The number of H-pyrrole nitrogens is 1. The number of nitrogens with zero attached hydrogens (tertiary/aromatic N) is 2. The summed E-state index contributed by atoms with van der Waals surface area (Å²) in [6.45, 7) is 1.82. The first kappa shape index (κ1) is 16.5. The molecule has 0 bridgehead atoms. The average molecular weight is 362 g/mol. The Labute approximate surface area is 153 Å². The third kappa shape index (κ3) is 2.62. The molecule has 3 aromatic rings. The van der Waals surface area contributed by atoms with Crippen molar-refractivity contribution in [2.75, 3.05) is 0 Å². The van der Waals surface area contributed by atoms with Crippen LogP contribution >= 0.6 is 0 Å². The Kier molecular flexibility index (Phi) is 3.70. The average Bonchev–Trinajstić information content (AvgIpc) is 3.28. The smallest absolute Gasteiger partial charge is 0.335 e. The molecule has 0 amide bonds. The van der Waals surface area contributed by atoms with Crippen molar-refractivity contribution in [1.29, 1.82) is 5.26 Å². The summed E-state index contributed by atoms with van der Waals surface area (Å²) >= 11 is 0. The lowest BCUT2D eigenvalue weighted by molar-refractivity contribution is 0.0697. The minimum atomic E-state index is -1.02. The van der Waals surface area contributed by atoms with E-state index in [0.29, 0.717) is 28.5 Å². The van der Waals surface area contributed by atoms with Crippen molar-refractivity contribution in [2.24, 2.45) is 5.73 Å². The molecule has 27 heavy (non-hydrogen) atoms. The molecular weight excluding hydrogens is 348 g/mol. The molecule has 4 N–H and O–H groups in total. The van der Waals surface area contributed by atoms with E-state index in [9.17, 15) is 10.1 Å². The Morgan fingerprint density at radius 2 is 2.19 bits per heavy atom. The summed E-state index contributed by atoms with van der Waals surface area (Å²) in [5, 5.41) is 25.6. The Morgan fingerprint density at radius 1 is 1.37 bits per heavy atom. The maximum absolute atomic E-state index is 11.2. The van der Waals surface area contributed by atoms with Gasteiger partial charge in [-0.15, -0.1) is 5.10 Å². The van der Waals surface area contributed by atoms with Crippen LogP contribution in [0.5, 0.6) is 5.88 Å². The number of furan rings is 1. The summed E-state index contributed by atoms with van der Waals surface area (Å²) in [6, 6.07) is 12.0. The third-order valence-electron chi connectivity index (χ3n) is 4.43. The van der Waals surface area contributed by atoms with Gasteiger partial charge in [-0.1, -0.05) is 12.1 Å². The lowest BCUT2D eigenvalue weighted by Gasteiger charge is -2.21. The molecule has 1 aliphatic rings. The summed E-state index contributed by atoms with van der Waals surface area (Å²) in [6.07, 6.45) is 0. The Morgan fingerprint density at radius 3 is 2.93 bits per heavy atom. The van der Waals surface area contributed by atoms with Gasteiger partial charge in [-0.25, -0.2) is 4.79 Å². The van der Waals surface area contributed by atoms with Crippen LogP contribution in [0.4, 0.5) is 0 Å². The molecule has 0 spiro atoms. The first-order valence-corrected chi connectivity index (χ1v) is 8.05. The zero-order valence-electron chi connectivity index (χ0n) is 14.2. The van der Waals surface area contributed by atoms with Crippen LogP contribution in [0.25, 0.3) is 11.3 Å². The summed E-state index contributed by atoms with van der Waals surface area (Å²) in [5.74, 6) is -0.326. The van der Waals surface area contributed by atoms with Crippen molar-refractivity contribution >= 4 is 5.97 Å². The highest BCUT2D eigenvalue weighted by Crippen LogP contribution is 2.43. The van der Waals surface area contributed by atoms with Gasteiger partial charge < -0.3 is 20.0 Å². The van der Waals surface area contributed by atoms with E-state index >= 15 is 0 Å². The van der Waals surface area contributed by atoms with Crippen molar-refractivity contribution in [1.82, 2.24) is 10.2 Å². The molecule has 8 heteroatoms. The summed E-state index contributed by atoms with van der Waals surface area (Å²) in [7, 11) is 0. The molecule has 1 aromatic carbocycles. The van der Waals surface area contributed by atoms with Crippen molar-refractivity contribution in [2.45, 2.75) is 12.8 Å². The lowest BCUT2D eigenvalue weighted by atomic mass is 9.88. The summed E-state index contributed by atoms with van der Waals surface area (Å²) in [4.78, 5) is 11.2. The van der Waals surface area contributed by atoms with Crippen LogP contribution in [0, 0.1) is 18.3 Å². The van der Waals surface area contributed by atoms with Crippen LogP contribution in [0.3, 0.4) is 0 Å². The molecule has 1 atom stereocenters. The van der Waals surface area contributed by atoms with Gasteiger partial charge in [0.25, 0.3) is 0 Å². The number of aromatic amines is 1. The number of carboxylic acid groups (broad SMARTS) is 1. The van der Waals surface area contributed by atoms with Gasteiger partial charge in [-0.05, 0) is 31.2 Å². The molecule has 0 saturated carbocycles. The number of benzene rings is 1. The van der Waals surface area contributed by atoms with Gasteiger partial charge in [-0.2, -0.15) is 5.26 Å². The van der Waals surface area contributed by atoms with Crippen LogP contribution < -0.4 is 10.5 Å². The standard InChI is InChI=1S/C19H14N4O4/c1-9-15-16(12(8-20)17(21)27-18(15)23-22-9)14-6-5-13(26-14)10-3-2-4-11(7-10)19(24)25/h2-7,16H,21H2,1H3,(H,22,23)(H,24,25). The SMILES string of the molecule is Cc1[nH]nc2c1C(c1ccc(-c3cccc(C(=O)O)c3)o1)C(C#N)=C(N)O2. The van der Waals surface area contributed by atoms with Crippen molar-refractivity contribution < 1.29 is 19.1 Å². The number of nitrogens with one attached hydrogen (secondary N) is 1. The number of ether oxygens (including phenoxy) is 1. The van der Waals surface area contributed by atoms with E-state index in [0.717, 1.165) is 5.69 Å². The predicted molar refractivity (Wildman–Crippen MR) is 93.7 cm³/mol. The third-order valence-corrected chi connectivity index (χ3v) is 4.43. The molecule has 3 heterocycles. The zero-order chi connectivity index (χ0) is 19.1. The molecule has 1 aliphatic heterocycles. The fourth-order valence-corrected chi connectivity index (χ4v) is 3.15. The van der Waals surface area contributed by atoms with E-state index in [1.54, 1.807) is 24.3 Å². The minimum Gasteiger partial charge on any atom is -0.478 e. The highest BCUT2D eigenvalue weighted by atomic mass is 16.5. The highest BCUT2D eigenvalue weighted by Gasteiger charge is 2.36. The van der Waals surface area contributed by atoms with Gasteiger partial charge in [0, 0.05) is 11.3 Å². The second-order valence-corrected chi connectivity index (χ2v) is 6.08. The minimum absolute atomic E-state index is 0.0210. The fourth-order valence-electron chi connectivity index (χ4n) is 3.15. The first-order valence-electron chi connectivity index (χ1n) is 8.05. The van der Waals surface area contributed by atoms with E-state index in [1.165, 1.54) is 12.1 Å². The number of rotatable bonds is 3. The first-order chi connectivity index (χ1) is 13.0. The Hall–Kier alpha value is -3.99. The number of aromatic carboxylic acids is 1. The van der Waals surface area contributed by atoms with Gasteiger partial charge >= 0.3 is 5.97 Å². The molecule has 0 saturated heterocycles. The number of nitriles is 1. The Bertz CT molecular complexity index is 1130. The van der Waals surface area contributed by atoms with E-state index in [4.69, 9.17) is 20.0 Å². The molecule has 0 fully saturated rings. The largest absolute Gasteiger partial charge is 0.478 e. The molecule has 8 nitrogen and oxygen atoms in total.